The van der Waals surface area contributed by atoms with Gasteiger partial charge in [-0.2, -0.15) is 0 Å². The minimum Gasteiger partial charge on any atom is -0.497 e. The average Bonchev–Trinajstić information content (AvgIpc) is 2.62. The van der Waals surface area contributed by atoms with Crippen LogP contribution in [0.25, 0.3) is 0 Å². The Hall–Kier alpha value is -2.49. The predicted octanol–water partition coefficient (Wildman–Crippen LogP) is 4.09. The summed E-state index contributed by atoms with van der Waals surface area (Å²) in [6, 6.07) is 12.7. The first-order valence-electron chi connectivity index (χ1n) is 7.54. The normalized spacial score (nSPS) is 11.7. The van der Waals surface area contributed by atoms with Crippen LogP contribution in [0.15, 0.2) is 42.5 Å². The lowest BCUT2D eigenvalue weighted by molar-refractivity contribution is 0.0956. The van der Waals surface area contributed by atoms with E-state index in [0.29, 0.717) is 23.5 Å². The molecule has 0 aromatic heterocycles. The van der Waals surface area contributed by atoms with E-state index in [0.717, 1.165) is 11.3 Å². The molecule has 0 spiro atoms. The van der Waals surface area contributed by atoms with E-state index >= 15 is 0 Å². The fraction of sp³-hybridized carbons (Fsp3) is 0.316. The van der Waals surface area contributed by atoms with Crippen molar-refractivity contribution in [3.8, 4) is 17.2 Å². The van der Waals surface area contributed by atoms with Crippen LogP contribution in [-0.4, -0.2) is 27.1 Å². The van der Waals surface area contributed by atoms with E-state index in [2.05, 4.69) is 0 Å². The third-order valence-electron chi connectivity index (χ3n) is 3.92. The van der Waals surface area contributed by atoms with Crippen molar-refractivity contribution in [1.29, 1.82) is 0 Å². The Bertz CT molecular complexity index is 662. The van der Waals surface area contributed by atoms with Gasteiger partial charge in [0.25, 0.3) is 0 Å². The molecule has 0 saturated heterocycles. The molecule has 0 aliphatic rings. The minimum absolute atomic E-state index is 0.0682. The van der Waals surface area contributed by atoms with Crippen LogP contribution in [0.4, 0.5) is 0 Å². The van der Waals surface area contributed by atoms with Crippen LogP contribution >= 0.6 is 0 Å². The van der Waals surface area contributed by atoms with Crippen molar-refractivity contribution < 1.29 is 19.0 Å². The lowest BCUT2D eigenvalue weighted by Gasteiger charge is -2.18. The van der Waals surface area contributed by atoms with Gasteiger partial charge < -0.3 is 14.2 Å². The maximum absolute atomic E-state index is 12.9. The molecule has 4 heteroatoms. The zero-order valence-electron chi connectivity index (χ0n) is 14.0. The lowest BCUT2D eigenvalue weighted by atomic mass is 9.88. The Labute approximate surface area is 137 Å². The fourth-order valence-electron chi connectivity index (χ4n) is 2.61. The summed E-state index contributed by atoms with van der Waals surface area (Å²) in [7, 11) is 4.81. The van der Waals surface area contributed by atoms with Crippen molar-refractivity contribution in [3.63, 3.8) is 0 Å². The largest absolute Gasteiger partial charge is 0.497 e. The van der Waals surface area contributed by atoms with Gasteiger partial charge in [0.05, 0.1) is 27.2 Å². The number of ketones is 1. The zero-order valence-corrected chi connectivity index (χ0v) is 14.0. The fourth-order valence-corrected chi connectivity index (χ4v) is 2.61. The summed E-state index contributed by atoms with van der Waals surface area (Å²) in [5, 5.41) is 0. The number of hydrogen-bond acceptors (Lipinski definition) is 4. The number of methoxy groups -OCH3 is 3. The molecular weight excluding hydrogens is 292 g/mol. The van der Waals surface area contributed by atoms with Crippen LogP contribution in [-0.2, 0) is 0 Å². The molecule has 0 fully saturated rings. The van der Waals surface area contributed by atoms with Crippen molar-refractivity contribution >= 4 is 5.78 Å². The molecule has 122 valence electrons. The molecule has 0 N–H and O–H groups in total. The third-order valence-corrected chi connectivity index (χ3v) is 3.92. The molecule has 1 atom stereocenters. The highest BCUT2D eigenvalue weighted by molar-refractivity contribution is 6.01. The first-order valence-corrected chi connectivity index (χ1v) is 7.54. The van der Waals surface area contributed by atoms with Crippen LogP contribution in [0, 0.1) is 0 Å². The van der Waals surface area contributed by atoms with E-state index < -0.39 is 0 Å². The number of benzene rings is 2. The first-order chi connectivity index (χ1) is 11.1. The van der Waals surface area contributed by atoms with Gasteiger partial charge in [-0.1, -0.05) is 13.0 Å². The van der Waals surface area contributed by atoms with Crippen molar-refractivity contribution in [1.82, 2.24) is 0 Å². The second kappa shape index (κ2) is 7.68. The lowest BCUT2D eigenvalue weighted by Crippen LogP contribution is -2.13. The first kappa shape index (κ1) is 16.9. The van der Waals surface area contributed by atoms with Gasteiger partial charge in [-0.25, -0.2) is 0 Å². The number of Topliss-reactive ketones (excluding diaryl/α,β-unsaturated/α-hetero) is 1. The van der Waals surface area contributed by atoms with E-state index in [4.69, 9.17) is 14.2 Å². The summed E-state index contributed by atoms with van der Waals surface area (Å²) in [6.45, 7) is 2.00. The molecule has 23 heavy (non-hydrogen) atoms. The van der Waals surface area contributed by atoms with Gasteiger partial charge in [0.15, 0.2) is 5.78 Å². The van der Waals surface area contributed by atoms with E-state index in [9.17, 15) is 4.79 Å². The monoisotopic (exact) mass is 314 g/mol. The number of carbonyl (C=O) groups is 1. The number of ether oxygens (including phenoxy) is 3. The molecule has 0 aliphatic carbocycles. The highest BCUT2D eigenvalue weighted by atomic mass is 16.5. The van der Waals surface area contributed by atoms with Crippen molar-refractivity contribution in [3.05, 3.63) is 53.6 Å². The summed E-state index contributed by atoms with van der Waals surface area (Å²) in [5.74, 6) is 1.91. The smallest absolute Gasteiger partial charge is 0.170 e. The van der Waals surface area contributed by atoms with Gasteiger partial charge in [-0.15, -0.1) is 0 Å². The van der Waals surface area contributed by atoms with Crippen LogP contribution in [0.1, 0.15) is 35.2 Å². The standard InChI is InChI=1S/C19H22O4/c1-5-16(17-11-10-15(22-3)12-18(17)23-4)19(20)13-6-8-14(21-2)9-7-13/h6-12,16H,5H2,1-4H3. The van der Waals surface area contributed by atoms with Gasteiger partial charge in [0.1, 0.15) is 17.2 Å². The summed E-state index contributed by atoms with van der Waals surface area (Å²) < 4.78 is 15.8. The van der Waals surface area contributed by atoms with Gasteiger partial charge >= 0.3 is 0 Å². The second-order valence-corrected chi connectivity index (χ2v) is 5.16. The summed E-state index contributed by atoms with van der Waals surface area (Å²) in [4.78, 5) is 12.9. The quantitative estimate of drug-likeness (QED) is 0.722. The summed E-state index contributed by atoms with van der Waals surface area (Å²) in [5.41, 5.74) is 1.53. The zero-order chi connectivity index (χ0) is 16.8. The molecule has 0 aliphatic heterocycles. The topological polar surface area (TPSA) is 44.8 Å². The van der Waals surface area contributed by atoms with Gasteiger partial charge in [-0.3, -0.25) is 4.79 Å². The number of rotatable bonds is 7. The van der Waals surface area contributed by atoms with E-state index in [-0.39, 0.29) is 11.7 Å². The number of hydrogen-bond donors (Lipinski definition) is 0. The highest BCUT2D eigenvalue weighted by Gasteiger charge is 2.23. The average molecular weight is 314 g/mol. The Morgan fingerprint density at radius 3 is 2.04 bits per heavy atom. The van der Waals surface area contributed by atoms with Crippen molar-refractivity contribution in [2.75, 3.05) is 21.3 Å². The maximum atomic E-state index is 12.9. The molecule has 0 radical (unpaired) electrons. The van der Waals surface area contributed by atoms with Crippen LogP contribution in [0.5, 0.6) is 17.2 Å². The Morgan fingerprint density at radius 1 is 0.913 bits per heavy atom. The van der Waals surface area contributed by atoms with Gasteiger partial charge in [0, 0.05) is 17.2 Å². The maximum Gasteiger partial charge on any atom is 0.170 e. The van der Waals surface area contributed by atoms with Crippen LogP contribution < -0.4 is 14.2 Å². The molecule has 0 saturated carbocycles. The molecule has 2 rings (SSSR count). The van der Waals surface area contributed by atoms with E-state index in [1.807, 2.05) is 19.1 Å². The van der Waals surface area contributed by atoms with Crippen molar-refractivity contribution in [2.24, 2.45) is 0 Å². The molecule has 0 bridgehead atoms. The predicted molar refractivity (Wildman–Crippen MR) is 89.9 cm³/mol. The van der Waals surface area contributed by atoms with Gasteiger partial charge in [0.2, 0.25) is 0 Å². The van der Waals surface area contributed by atoms with Crippen LogP contribution in [0.3, 0.4) is 0 Å². The van der Waals surface area contributed by atoms with E-state index in [1.165, 1.54) is 0 Å². The molecule has 1 unspecified atom stereocenters. The Balaban J connectivity index is 2.36. The Kier molecular flexibility index (Phi) is 5.63. The molecule has 2 aromatic carbocycles. The molecule has 4 nitrogen and oxygen atoms in total. The van der Waals surface area contributed by atoms with Gasteiger partial charge in [-0.05, 0) is 36.8 Å². The van der Waals surface area contributed by atoms with E-state index in [1.54, 1.807) is 51.7 Å². The molecular formula is C19H22O4. The summed E-state index contributed by atoms with van der Waals surface area (Å²) >= 11 is 0. The SMILES string of the molecule is CCC(C(=O)c1ccc(OC)cc1)c1ccc(OC)cc1OC. The minimum atomic E-state index is -0.260. The Morgan fingerprint density at radius 2 is 1.52 bits per heavy atom. The highest BCUT2D eigenvalue weighted by Crippen LogP contribution is 2.34. The second-order valence-electron chi connectivity index (χ2n) is 5.16. The number of carbonyl (C=O) groups excluding carboxylic acids is 1. The molecule has 2 aromatic rings. The molecule has 0 amide bonds. The summed E-state index contributed by atoms with van der Waals surface area (Å²) in [6.07, 6.45) is 0.688. The molecule has 0 heterocycles. The van der Waals surface area contributed by atoms with Crippen molar-refractivity contribution in [2.45, 2.75) is 19.3 Å². The van der Waals surface area contributed by atoms with Crippen LogP contribution in [0.2, 0.25) is 0 Å². The third kappa shape index (κ3) is 3.65.